The molecule has 0 saturated carbocycles. The van der Waals surface area contributed by atoms with Crippen LogP contribution in [0.15, 0.2) is 128 Å². The molecule has 198 valence electrons. The average molecular weight is 548 g/mol. The molecular formula is C33H26ClN3O3. The maximum absolute atomic E-state index is 12.8. The van der Waals surface area contributed by atoms with E-state index in [4.69, 9.17) is 21.4 Å². The van der Waals surface area contributed by atoms with Gasteiger partial charge in [0.15, 0.2) is 6.61 Å². The highest BCUT2D eigenvalue weighted by Gasteiger charge is 2.17. The maximum Gasteiger partial charge on any atom is 0.331 e. The number of ether oxygens (including phenoxy) is 1. The summed E-state index contributed by atoms with van der Waals surface area (Å²) < 4.78 is 7.01. The van der Waals surface area contributed by atoms with E-state index in [0.29, 0.717) is 16.3 Å². The van der Waals surface area contributed by atoms with Crippen LogP contribution in [0.4, 0.5) is 0 Å². The van der Waals surface area contributed by atoms with Crippen molar-refractivity contribution >= 4 is 29.6 Å². The third-order valence-electron chi connectivity index (χ3n) is 6.20. The molecule has 1 aromatic heterocycles. The number of nitrogens with zero attached hydrogens (tertiary/aromatic N) is 2. The lowest BCUT2D eigenvalue weighted by Gasteiger charge is -2.19. The molecule has 0 aliphatic carbocycles. The number of esters is 1. The summed E-state index contributed by atoms with van der Waals surface area (Å²) in [5.74, 6) is -1.04. The fourth-order valence-electron chi connectivity index (χ4n) is 4.25. The molecule has 0 atom stereocenters. The smallest absolute Gasteiger partial charge is 0.331 e. The van der Waals surface area contributed by atoms with Crippen LogP contribution in [0.1, 0.15) is 22.7 Å². The van der Waals surface area contributed by atoms with Gasteiger partial charge < -0.3 is 10.1 Å². The number of para-hydroxylation sites is 1. The number of carbonyl (C=O) groups is 2. The Morgan fingerprint density at radius 1 is 0.825 bits per heavy atom. The molecule has 40 heavy (non-hydrogen) atoms. The number of amides is 1. The van der Waals surface area contributed by atoms with Crippen molar-refractivity contribution in [1.82, 2.24) is 15.1 Å². The second-order valence-corrected chi connectivity index (χ2v) is 9.42. The van der Waals surface area contributed by atoms with Gasteiger partial charge in [-0.15, -0.1) is 0 Å². The molecular weight excluding hydrogens is 522 g/mol. The quantitative estimate of drug-likeness (QED) is 0.165. The van der Waals surface area contributed by atoms with E-state index >= 15 is 0 Å². The number of nitrogens with one attached hydrogen (secondary N) is 1. The van der Waals surface area contributed by atoms with Crippen molar-refractivity contribution in [2.24, 2.45) is 0 Å². The third kappa shape index (κ3) is 6.73. The molecule has 0 radical (unpaired) electrons. The van der Waals surface area contributed by atoms with Gasteiger partial charge >= 0.3 is 5.97 Å². The second-order valence-electron chi connectivity index (χ2n) is 8.98. The van der Waals surface area contributed by atoms with Crippen LogP contribution in [-0.2, 0) is 14.3 Å². The Morgan fingerprint density at radius 3 is 2.00 bits per heavy atom. The standard InChI is InChI=1S/C33H26ClN3O3/c34-28-19-16-26(17-20-28)33-27(22-37(36-33)29-14-8-3-9-15-29)18-21-31(39)40-23-30(38)35-32(24-10-4-1-5-11-24)25-12-6-2-7-13-25/h1-22,32H,23H2,(H,35,38)/b21-18+. The van der Waals surface area contributed by atoms with Crippen LogP contribution in [0, 0.1) is 0 Å². The average Bonchev–Trinajstić information content (AvgIpc) is 3.44. The van der Waals surface area contributed by atoms with Gasteiger partial charge in [-0.3, -0.25) is 4.79 Å². The summed E-state index contributed by atoms with van der Waals surface area (Å²) in [6.45, 7) is -0.410. The molecule has 7 heteroatoms. The lowest BCUT2D eigenvalue weighted by Crippen LogP contribution is -2.32. The zero-order chi connectivity index (χ0) is 27.7. The minimum atomic E-state index is -0.638. The summed E-state index contributed by atoms with van der Waals surface area (Å²) in [6, 6.07) is 35.9. The SMILES string of the molecule is O=C(COC(=O)/C=C/c1cn(-c2ccccc2)nc1-c1ccc(Cl)cc1)NC(c1ccccc1)c1ccccc1. The highest BCUT2D eigenvalue weighted by atomic mass is 35.5. The Bertz CT molecular complexity index is 1560. The number of carbonyl (C=O) groups excluding carboxylic acids is 2. The Balaban J connectivity index is 1.28. The highest BCUT2D eigenvalue weighted by Crippen LogP contribution is 2.26. The maximum atomic E-state index is 12.8. The van der Waals surface area contributed by atoms with Crippen molar-refractivity contribution in [3.63, 3.8) is 0 Å². The molecule has 0 unspecified atom stereocenters. The van der Waals surface area contributed by atoms with Crippen molar-refractivity contribution in [2.45, 2.75) is 6.04 Å². The zero-order valence-corrected chi connectivity index (χ0v) is 22.2. The molecule has 5 rings (SSSR count). The monoisotopic (exact) mass is 547 g/mol. The molecule has 1 N–H and O–H groups in total. The Hall–Kier alpha value is -4.94. The number of rotatable bonds is 9. The van der Waals surface area contributed by atoms with E-state index in [1.54, 1.807) is 22.9 Å². The van der Waals surface area contributed by atoms with Crippen LogP contribution in [0.5, 0.6) is 0 Å². The molecule has 1 amide bonds. The first kappa shape index (κ1) is 26.7. The summed E-state index contributed by atoms with van der Waals surface area (Å²) >= 11 is 6.07. The van der Waals surface area contributed by atoms with Crippen LogP contribution in [0.3, 0.4) is 0 Å². The van der Waals surface area contributed by atoms with E-state index in [9.17, 15) is 9.59 Å². The minimum Gasteiger partial charge on any atom is -0.452 e. The van der Waals surface area contributed by atoms with Gasteiger partial charge in [-0.2, -0.15) is 5.10 Å². The fraction of sp³-hybridized carbons (Fsp3) is 0.0606. The predicted molar refractivity (Wildman–Crippen MR) is 157 cm³/mol. The number of hydrogen-bond donors (Lipinski definition) is 1. The third-order valence-corrected chi connectivity index (χ3v) is 6.45. The van der Waals surface area contributed by atoms with Crippen LogP contribution >= 0.6 is 11.6 Å². The van der Waals surface area contributed by atoms with Gasteiger partial charge in [-0.1, -0.05) is 103 Å². The van der Waals surface area contributed by atoms with Crippen LogP contribution in [0.2, 0.25) is 5.02 Å². The summed E-state index contributed by atoms with van der Waals surface area (Å²) in [5.41, 5.74) is 4.97. The molecule has 0 fully saturated rings. The van der Waals surface area contributed by atoms with E-state index in [2.05, 4.69) is 5.32 Å². The Morgan fingerprint density at radius 2 is 1.40 bits per heavy atom. The number of halogens is 1. The first-order valence-electron chi connectivity index (χ1n) is 12.7. The topological polar surface area (TPSA) is 73.2 Å². The molecule has 1 heterocycles. The van der Waals surface area contributed by atoms with Crippen LogP contribution in [0.25, 0.3) is 23.0 Å². The molecule has 6 nitrogen and oxygen atoms in total. The van der Waals surface area contributed by atoms with Gasteiger partial charge in [0.05, 0.1) is 17.4 Å². The summed E-state index contributed by atoms with van der Waals surface area (Å²) in [5, 5.41) is 8.32. The zero-order valence-electron chi connectivity index (χ0n) is 21.5. The molecule has 5 aromatic rings. The van der Waals surface area contributed by atoms with Crippen LogP contribution in [-0.4, -0.2) is 28.3 Å². The summed E-state index contributed by atoms with van der Waals surface area (Å²) in [7, 11) is 0. The van der Waals surface area contributed by atoms with Gasteiger partial charge in [0.1, 0.15) is 0 Å². The summed E-state index contributed by atoms with van der Waals surface area (Å²) in [6.07, 6.45) is 4.76. The molecule has 0 aliphatic rings. The molecule has 0 spiro atoms. The van der Waals surface area contributed by atoms with Crippen molar-refractivity contribution in [3.8, 4) is 16.9 Å². The highest BCUT2D eigenvalue weighted by molar-refractivity contribution is 6.30. The first-order valence-corrected chi connectivity index (χ1v) is 13.1. The lowest BCUT2D eigenvalue weighted by atomic mass is 9.99. The number of aromatic nitrogens is 2. The number of benzene rings is 4. The predicted octanol–water partition coefficient (Wildman–Crippen LogP) is 6.65. The molecule has 0 bridgehead atoms. The Labute approximate surface area is 237 Å². The largest absolute Gasteiger partial charge is 0.452 e. The van der Waals surface area contributed by atoms with Gasteiger partial charge in [0, 0.05) is 28.4 Å². The van der Waals surface area contributed by atoms with E-state index in [1.165, 1.54) is 6.08 Å². The van der Waals surface area contributed by atoms with Crippen molar-refractivity contribution < 1.29 is 14.3 Å². The Kier molecular flexibility index (Phi) is 8.49. The van der Waals surface area contributed by atoms with E-state index < -0.39 is 18.5 Å². The number of hydrogen-bond acceptors (Lipinski definition) is 4. The van der Waals surface area contributed by atoms with Gasteiger partial charge in [-0.25, -0.2) is 9.48 Å². The van der Waals surface area contributed by atoms with Gasteiger partial charge in [0.2, 0.25) is 0 Å². The van der Waals surface area contributed by atoms with Crippen LogP contribution < -0.4 is 5.32 Å². The molecule has 4 aromatic carbocycles. The van der Waals surface area contributed by atoms with Gasteiger partial charge in [-0.05, 0) is 41.5 Å². The lowest BCUT2D eigenvalue weighted by molar-refractivity contribution is -0.143. The van der Waals surface area contributed by atoms with Crippen molar-refractivity contribution in [2.75, 3.05) is 6.61 Å². The van der Waals surface area contributed by atoms with Crippen molar-refractivity contribution in [1.29, 1.82) is 0 Å². The molecule has 0 saturated heterocycles. The van der Waals surface area contributed by atoms with E-state index in [0.717, 1.165) is 22.4 Å². The normalized spacial score (nSPS) is 11.1. The molecule has 0 aliphatic heterocycles. The second kappa shape index (κ2) is 12.7. The van der Waals surface area contributed by atoms with E-state index in [1.807, 2.05) is 109 Å². The van der Waals surface area contributed by atoms with Crippen molar-refractivity contribution in [3.05, 3.63) is 149 Å². The summed E-state index contributed by atoms with van der Waals surface area (Å²) in [4.78, 5) is 25.4. The fourth-order valence-corrected chi connectivity index (χ4v) is 4.38. The minimum absolute atomic E-state index is 0.366. The van der Waals surface area contributed by atoms with E-state index in [-0.39, 0.29) is 6.04 Å². The van der Waals surface area contributed by atoms with Gasteiger partial charge in [0.25, 0.3) is 5.91 Å². The first-order chi connectivity index (χ1) is 19.6.